The van der Waals surface area contributed by atoms with E-state index < -0.39 is 0 Å². The van der Waals surface area contributed by atoms with Crippen molar-refractivity contribution in [1.29, 1.82) is 0 Å². The second-order valence-corrected chi connectivity index (χ2v) is 5.16. The minimum Gasteiger partial charge on any atom is -0.326 e. The average molecular weight is 259 g/mol. The minimum atomic E-state index is 0.0976. The molecule has 1 N–H and O–H groups in total. The van der Waals surface area contributed by atoms with E-state index in [1.807, 2.05) is 30.3 Å². The van der Waals surface area contributed by atoms with Gasteiger partial charge in [0.25, 0.3) is 0 Å². The Morgan fingerprint density at radius 2 is 1.94 bits per heavy atom. The maximum Gasteiger partial charge on any atom is 0.224 e. The first-order valence-electron chi connectivity index (χ1n) is 6.08. The summed E-state index contributed by atoms with van der Waals surface area (Å²) in [5.74, 6) is 1.13. The van der Waals surface area contributed by atoms with Gasteiger partial charge in [-0.3, -0.25) is 4.79 Å². The molecule has 2 nitrogen and oxygen atoms in total. The molecular weight excluding hydrogens is 242 g/mol. The molecule has 0 fully saturated rings. The third kappa shape index (κ3) is 3.26. The molecule has 0 aliphatic rings. The van der Waals surface area contributed by atoms with Crippen molar-refractivity contribution in [3.8, 4) is 0 Å². The molecule has 0 saturated carbocycles. The van der Waals surface area contributed by atoms with Gasteiger partial charge in [-0.2, -0.15) is 11.8 Å². The number of benzene rings is 2. The lowest BCUT2D eigenvalue weighted by atomic mass is 10.1. The SMILES string of the molecule is CSCCCC(=O)Nc1cccc2ccccc12. The fourth-order valence-electron chi connectivity index (χ4n) is 1.92. The van der Waals surface area contributed by atoms with Crippen LogP contribution in [0.2, 0.25) is 0 Å². The minimum absolute atomic E-state index is 0.0976. The van der Waals surface area contributed by atoms with Crippen molar-refractivity contribution in [2.24, 2.45) is 0 Å². The fraction of sp³-hybridized carbons (Fsp3) is 0.267. The van der Waals surface area contributed by atoms with Gasteiger partial charge in [0.15, 0.2) is 0 Å². The van der Waals surface area contributed by atoms with E-state index in [-0.39, 0.29) is 5.91 Å². The van der Waals surface area contributed by atoms with E-state index in [0.717, 1.165) is 28.6 Å². The van der Waals surface area contributed by atoms with Crippen LogP contribution < -0.4 is 5.32 Å². The van der Waals surface area contributed by atoms with Crippen LogP contribution in [0, 0.1) is 0 Å². The van der Waals surface area contributed by atoms with E-state index in [4.69, 9.17) is 0 Å². The molecule has 0 saturated heterocycles. The Balaban J connectivity index is 2.09. The molecule has 2 aromatic carbocycles. The van der Waals surface area contributed by atoms with E-state index in [1.54, 1.807) is 11.8 Å². The van der Waals surface area contributed by atoms with Crippen molar-refractivity contribution < 1.29 is 4.79 Å². The normalized spacial score (nSPS) is 10.5. The number of fused-ring (bicyclic) bond motifs is 1. The number of amides is 1. The van der Waals surface area contributed by atoms with Crippen molar-refractivity contribution in [1.82, 2.24) is 0 Å². The molecule has 0 spiro atoms. The first-order chi connectivity index (χ1) is 8.81. The van der Waals surface area contributed by atoms with Gasteiger partial charge in [0.2, 0.25) is 5.91 Å². The molecule has 0 aromatic heterocycles. The number of carbonyl (C=O) groups is 1. The Labute approximate surface area is 112 Å². The van der Waals surface area contributed by atoms with Crippen LogP contribution in [0.5, 0.6) is 0 Å². The second-order valence-electron chi connectivity index (χ2n) is 4.17. The summed E-state index contributed by atoms with van der Waals surface area (Å²) in [7, 11) is 0. The molecule has 0 aliphatic heterocycles. The van der Waals surface area contributed by atoms with Crippen LogP contribution in [0.25, 0.3) is 10.8 Å². The van der Waals surface area contributed by atoms with Crippen molar-refractivity contribution in [3.63, 3.8) is 0 Å². The maximum atomic E-state index is 11.8. The molecule has 3 heteroatoms. The molecule has 0 heterocycles. The monoisotopic (exact) mass is 259 g/mol. The predicted molar refractivity (Wildman–Crippen MR) is 80.2 cm³/mol. The zero-order valence-electron chi connectivity index (χ0n) is 10.5. The van der Waals surface area contributed by atoms with Crippen LogP contribution in [0.15, 0.2) is 42.5 Å². The van der Waals surface area contributed by atoms with Crippen LogP contribution in [0.3, 0.4) is 0 Å². The van der Waals surface area contributed by atoms with Crippen LogP contribution in [0.4, 0.5) is 5.69 Å². The summed E-state index contributed by atoms with van der Waals surface area (Å²) in [6.07, 6.45) is 3.57. The Kier molecular flexibility index (Phi) is 4.65. The lowest BCUT2D eigenvalue weighted by Gasteiger charge is -2.08. The topological polar surface area (TPSA) is 29.1 Å². The molecule has 18 heavy (non-hydrogen) atoms. The Bertz CT molecular complexity index is 534. The molecule has 0 aliphatic carbocycles. The van der Waals surface area contributed by atoms with E-state index in [2.05, 4.69) is 23.7 Å². The summed E-state index contributed by atoms with van der Waals surface area (Å²) in [4.78, 5) is 11.8. The Morgan fingerprint density at radius 3 is 2.78 bits per heavy atom. The summed E-state index contributed by atoms with van der Waals surface area (Å²) < 4.78 is 0. The van der Waals surface area contributed by atoms with E-state index in [0.29, 0.717) is 6.42 Å². The van der Waals surface area contributed by atoms with Crippen molar-refractivity contribution in [2.45, 2.75) is 12.8 Å². The zero-order valence-corrected chi connectivity index (χ0v) is 11.3. The number of hydrogen-bond donors (Lipinski definition) is 1. The molecule has 0 radical (unpaired) electrons. The fourth-order valence-corrected chi connectivity index (χ4v) is 2.36. The number of carbonyl (C=O) groups excluding carboxylic acids is 1. The third-order valence-electron chi connectivity index (χ3n) is 2.82. The average Bonchev–Trinajstić information content (AvgIpc) is 2.39. The zero-order chi connectivity index (χ0) is 12.8. The molecule has 0 unspecified atom stereocenters. The number of hydrogen-bond acceptors (Lipinski definition) is 2. The van der Waals surface area contributed by atoms with Crippen LogP contribution >= 0.6 is 11.8 Å². The van der Waals surface area contributed by atoms with Gasteiger partial charge in [-0.1, -0.05) is 36.4 Å². The molecule has 0 atom stereocenters. The summed E-state index contributed by atoms with van der Waals surface area (Å²) >= 11 is 1.77. The second kappa shape index (κ2) is 6.45. The van der Waals surface area contributed by atoms with Crippen molar-refractivity contribution in [3.05, 3.63) is 42.5 Å². The van der Waals surface area contributed by atoms with Crippen molar-refractivity contribution >= 4 is 34.1 Å². The number of anilines is 1. The maximum absolute atomic E-state index is 11.8. The number of rotatable bonds is 5. The van der Waals surface area contributed by atoms with Gasteiger partial charge in [0.05, 0.1) is 0 Å². The summed E-state index contributed by atoms with van der Waals surface area (Å²) in [6.45, 7) is 0. The lowest BCUT2D eigenvalue weighted by Crippen LogP contribution is -2.11. The van der Waals surface area contributed by atoms with Gasteiger partial charge in [0, 0.05) is 17.5 Å². The van der Waals surface area contributed by atoms with Gasteiger partial charge < -0.3 is 5.32 Å². The van der Waals surface area contributed by atoms with E-state index in [9.17, 15) is 4.79 Å². The lowest BCUT2D eigenvalue weighted by molar-refractivity contribution is -0.116. The highest BCUT2D eigenvalue weighted by molar-refractivity contribution is 7.98. The van der Waals surface area contributed by atoms with Crippen LogP contribution in [-0.4, -0.2) is 17.9 Å². The number of thioether (sulfide) groups is 1. The molecule has 0 bridgehead atoms. The van der Waals surface area contributed by atoms with Gasteiger partial charge in [-0.15, -0.1) is 0 Å². The quantitative estimate of drug-likeness (QED) is 0.824. The summed E-state index contributed by atoms with van der Waals surface area (Å²) in [5.41, 5.74) is 0.905. The predicted octanol–water partition coefficient (Wildman–Crippen LogP) is 3.92. The van der Waals surface area contributed by atoms with Gasteiger partial charge >= 0.3 is 0 Å². The highest BCUT2D eigenvalue weighted by Crippen LogP contribution is 2.23. The van der Waals surface area contributed by atoms with Gasteiger partial charge in [0.1, 0.15) is 0 Å². The van der Waals surface area contributed by atoms with Crippen LogP contribution in [0.1, 0.15) is 12.8 Å². The molecule has 2 aromatic rings. The van der Waals surface area contributed by atoms with Gasteiger partial charge in [-0.05, 0) is 29.9 Å². The largest absolute Gasteiger partial charge is 0.326 e. The molecule has 2 rings (SSSR count). The first-order valence-corrected chi connectivity index (χ1v) is 7.47. The standard InChI is InChI=1S/C15H17NOS/c1-18-11-5-10-15(17)16-14-9-4-7-12-6-2-3-8-13(12)14/h2-4,6-9H,5,10-11H2,1H3,(H,16,17). The van der Waals surface area contributed by atoms with Crippen LogP contribution in [-0.2, 0) is 4.79 Å². The Morgan fingerprint density at radius 1 is 1.17 bits per heavy atom. The smallest absolute Gasteiger partial charge is 0.224 e. The molecular formula is C15H17NOS. The van der Waals surface area contributed by atoms with Gasteiger partial charge in [-0.25, -0.2) is 0 Å². The first kappa shape index (κ1) is 13.0. The Hall–Kier alpha value is -1.48. The van der Waals surface area contributed by atoms with Crippen molar-refractivity contribution in [2.75, 3.05) is 17.3 Å². The summed E-state index contributed by atoms with van der Waals surface area (Å²) in [6, 6.07) is 14.1. The molecule has 1 amide bonds. The highest BCUT2D eigenvalue weighted by atomic mass is 32.2. The molecule has 94 valence electrons. The van der Waals surface area contributed by atoms with E-state index in [1.165, 1.54) is 0 Å². The highest BCUT2D eigenvalue weighted by Gasteiger charge is 2.04. The number of nitrogens with one attached hydrogen (secondary N) is 1. The summed E-state index contributed by atoms with van der Waals surface area (Å²) in [5, 5.41) is 5.24. The third-order valence-corrected chi connectivity index (χ3v) is 3.51. The van der Waals surface area contributed by atoms with E-state index >= 15 is 0 Å².